The Labute approximate surface area is 75.0 Å². The van der Waals surface area contributed by atoms with E-state index in [0.29, 0.717) is 0 Å². The highest BCUT2D eigenvalue weighted by Gasteiger charge is 2.19. The Balaban J connectivity index is 3.29. The monoisotopic (exact) mass is 187 g/mol. The van der Waals surface area contributed by atoms with Crippen LogP contribution in [0.1, 0.15) is 19.4 Å². The Morgan fingerprint density at radius 1 is 1.31 bits per heavy atom. The molecule has 1 rings (SSSR count). The van der Waals surface area contributed by atoms with Crippen molar-refractivity contribution in [3.05, 3.63) is 29.3 Å². The van der Waals surface area contributed by atoms with E-state index in [2.05, 4.69) is 0 Å². The summed E-state index contributed by atoms with van der Waals surface area (Å²) in [7, 11) is 0. The molecule has 0 aliphatic rings. The van der Waals surface area contributed by atoms with Gasteiger partial charge in [-0.3, -0.25) is 0 Å². The Kier molecular flexibility index (Phi) is 2.26. The molecule has 72 valence electrons. The topological polar surface area (TPSA) is 46.2 Å². The SMILES string of the molecule is CC(C)(O)c1cc(N)c(F)c(F)c1. The molecular formula is C9H11F2NO. The summed E-state index contributed by atoms with van der Waals surface area (Å²) < 4.78 is 25.5. The summed E-state index contributed by atoms with van der Waals surface area (Å²) in [6, 6.07) is 2.16. The van der Waals surface area contributed by atoms with E-state index in [1.807, 2.05) is 0 Å². The summed E-state index contributed by atoms with van der Waals surface area (Å²) in [6.07, 6.45) is 0. The van der Waals surface area contributed by atoms with Crippen molar-refractivity contribution < 1.29 is 13.9 Å². The first-order valence-corrected chi connectivity index (χ1v) is 3.79. The lowest BCUT2D eigenvalue weighted by Crippen LogP contribution is -2.16. The molecule has 0 saturated carbocycles. The number of halogens is 2. The van der Waals surface area contributed by atoms with Gasteiger partial charge < -0.3 is 10.8 Å². The average Bonchev–Trinajstić information content (AvgIpc) is 1.97. The van der Waals surface area contributed by atoms with Crippen LogP contribution in [0.2, 0.25) is 0 Å². The second kappa shape index (κ2) is 2.96. The highest BCUT2D eigenvalue weighted by molar-refractivity contribution is 5.44. The van der Waals surface area contributed by atoms with Crippen LogP contribution in [-0.2, 0) is 5.60 Å². The Morgan fingerprint density at radius 2 is 1.85 bits per heavy atom. The summed E-state index contributed by atoms with van der Waals surface area (Å²) in [5.74, 6) is -2.12. The summed E-state index contributed by atoms with van der Waals surface area (Å²) >= 11 is 0. The predicted octanol–water partition coefficient (Wildman–Crippen LogP) is 1.77. The van der Waals surface area contributed by atoms with Gasteiger partial charge in [0, 0.05) is 0 Å². The van der Waals surface area contributed by atoms with Crippen molar-refractivity contribution in [2.45, 2.75) is 19.4 Å². The highest BCUT2D eigenvalue weighted by atomic mass is 19.2. The third-order valence-corrected chi connectivity index (χ3v) is 1.76. The van der Waals surface area contributed by atoms with Gasteiger partial charge in [0.25, 0.3) is 0 Å². The minimum Gasteiger partial charge on any atom is -0.396 e. The zero-order chi connectivity index (χ0) is 10.2. The van der Waals surface area contributed by atoms with Crippen LogP contribution in [0.3, 0.4) is 0 Å². The number of rotatable bonds is 1. The molecule has 1 aromatic carbocycles. The maximum Gasteiger partial charge on any atom is 0.181 e. The van der Waals surface area contributed by atoms with E-state index in [1.165, 1.54) is 19.9 Å². The van der Waals surface area contributed by atoms with Crippen LogP contribution < -0.4 is 5.73 Å². The molecule has 0 fully saturated rings. The van der Waals surface area contributed by atoms with Crippen LogP contribution in [-0.4, -0.2) is 5.11 Å². The molecule has 1 aromatic rings. The van der Waals surface area contributed by atoms with Crippen LogP contribution in [0.5, 0.6) is 0 Å². The van der Waals surface area contributed by atoms with E-state index in [0.717, 1.165) is 6.07 Å². The van der Waals surface area contributed by atoms with E-state index in [4.69, 9.17) is 5.73 Å². The third kappa shape index (κ3) is 1.95. The molecular weight excluding hydrogens is 176 g/mol. The molecule has 3 N–H and O–H groups in total. The molecule has 0 unspecified atom stereocenters. The van der Waals surface area contributed by atoms with Gasteiger partial charge in [0.2, 0.25) is 0 Å². The maximum absolute atomic E-state index is 12.8. The summed E-state index contributed by atoms with van der Waals surface area (Å²) in [4.78, 5) is 0. The van der Waals surface area contributed by atoms with Gasteiger partial charge in [-0.15, -0.1) is 0 Å². The van der Waals surface area contributed by atoms with E-state index in [1.54, 1.807) is 0 Å². The van der Waals surface area contributed by atoms with Gasteiger partial charge in [0.15, 0.2) is 11.6 Å². The zero-order valence-electron chi connectivity index (χ0n) is 7.44. The van der Waals surface area contributed by atoms with E-state index < -0.39 is 17.2 Å². The second-order valence-corrected chi connectivity index (χ2v) is 3.42. The number of hydrogen-bond acceptors (Lipinski definition) is 2. The second-order valence-electron chi connectivity index (χ2n) is 3.42. The molecule has 0 saturated heterocycles. The number of anilines is 1. The van der Waals surface area contributed by atoms with Crippen LogP contribution >= 0.6 is 0 Å². The molecule has 0 aromatic heterocycles. The van der Waals surface area contributed by atoms with Gasteiger partial charge in [-0.2, -0.15) is 0 Å². The first kappa shape index (κ1) is 9.92. The number of benzene rings is 1. The van der Waals surface area contributed by atoms with Gasteiger partial charge in [-0.25, -0.2) is 8.78 Å². The Hall–Kier alpha value is -1.16. The average molecular weight is 187 g/mol. The fourth-order valence-corrected chi connectivity index (χ4v) is 0.964. The van der Waals surface area contributed by atoms with Crippen LogP contribution in [0, 0.1) is 11.6 Å². The smallest absolute Gasteiger partial charge is 0.181 e. The lowest BCUT2D eigenvalue weighted by Gasteiger charge is -2.18. The minimum absolute atomic E-state index is 0.254. The molecule has 0 bridgehead atoms. The minimum atomic E-state index is -1.22. The van der Waals surface area contributed by atoms with E-state index in [9.17, 15) is 13.9 Å². The number of nitrogens with two attached hydrogens (primary N) is 1. The number of hydrogen-bond donors (Lipinski definition) is 2. The van der Waals surface area contributed by atoms with Crippen molar-refractivity contribution in [3.63, 3.8) is 0 Å². The number of aliphatic hydroxyl groups is 1. The maximum atomic E-state index is 12.8. The van der Waals surface area contributed by atoms with Gasteiger partial charge in [0.05, 0.1) is 11.3 Å². The van der Waals surface area contributed by atoms with Crippen molar-refractivity contribution in [1.82, 2.24) is 0 Å². The van der Waals surface area contributed by atoms with Crippen LogP contribution in [0.25, 0.3) is 0 Å². The van der Waals surface area contributed by atoms with Crippen molar-refractivity contribution in [3.8, 4) is 0 Å². The largest absolute Gasteiger partial charge is 0.396 e. The fourth-order valence-electron chi connectivity index (χ4n) is 0.964. The number of nitrogen functional groups attached to an aromatic ring is 1. The first-order valence-electron chi connectivity index (χ1n) is 3.79. The molecule has 0 amide bonds. The quantitative estimate of drug-likeness (QED) is 0.658. The molecule has 2 nitrogen and oxygen atoms in total. The molecule has 0 radical (unpaired) electrons. The van der Waals surface area contributed by atoms with Crippen LogP contribution in [0.4, 0.5) is 14.5 Å². The van der Waals surface area contributed by atoms with Crippen LogP contribution in [0.15, 0.2) is 12.1 Å². The van der Waals surface area contributed by atoms with Gasteiger partial charge in [-0.1, -0.05) is 0 Å². The molecule has 0 aliphatic heterocycles. The standard InChI is InChI=1S/C9H11F2NO/c1-9(2,13)5-3-6(10)8(11)7(12)4-5/h3-4,13H,12H2,1-2H3. The summed E-state index contributed by atoms with van der Waals surface area (Å²) in [5, 5.41) is 9.48. The van der Waals surface area contributed by atoms with Gasteiger partial charge >= 0.3 is 0 Å². The molecule has 0 atom stereocenters. The molecule has 0 heterocycles. The highest BCUT2D eigenvalue weighted by Crippen LogP contribution is 2.25. The Morgan fingerprint density at radius 3 is 2.23 bits per heavy atom. The third-order valence-electron chi connectivity index (χ3n) is 1.76. The van der Waals surface area contributed by atoms with Crippen molar-refractivity contribution in [1.29, 1.82) is 0 Å². The Bertz CT molecular complexity index is 308. The molecule has 13 heavy (non-hydrogen) atoms. The molecule has 4 heteroatoms. The van der Waals surface area contributed by atoms with E-state index in [-0.39, 0.29) is 11.3 Å². The van der Waals surface area contributed by atoms with Gasteiger partial charge in [-0.05, 0) is 31.5 Å². The summed E-state index contributed by atoms with van der Waals surface area (Å²) in [5.41, 5.74) is 3.93. The summed E-state index contributed by atoms with van der Waals surface area (Å²) in [6.45, 7) is 2.94. The van der Waals surface area contributed by atoms with Crippen molar-refractivity contribution in [2.75, 3.05) is 5.73 Å². The van der Waals surface area contributed by atoms with Gasteiger partial charge in [0.1, 0.15) is 0 Å². The van der Waals surface area contributed by atoms with Crippen molar-refractivity contribution >= 4 is 5.69 Å². The zero-order valence-corrected chi connectivity index (χ0v) is 7.44. The van der Waals surface area contributed by atoms with E-state index >= 15 is 0 Å². The fraction of sp³-hybridized carbons (Fsp3) is 0.333. The van der Waals surface area contributed by atoms with Crippen molar-refractivity contribution in [2.24, 2.45) is 0 Å². The lowest BCUT2D eigenvalue weighted by atomic mass is 9.98. The lowest BCUT2D eigenvalue weighted by molar-refractivity contribution is 0.0782. The molecule has 0 aliphatic carbocycles. The normalized spacial score (nSPS) is 11.8. The first-order chi connectivity index (χ1) is 5.82. The molecule has 0 spiro atoms. The predicted molar refractivity (Wildman–Crippen MR) is 46.0 cm³/mol.